The third kappa shape index (κ3) is 3.69. The summed E-state index contributed by atoms with van der Waals surface area (Å²) in [6.45, 7) is 8.04. The van der Waals surface area contributed by atoms with Crippen molar-refractivity contribution >= 4 is 23.4 Å². The van der Waals surface area contributed by atoms with E-state index in [0.717, 1.165) is 16.6 Å². The minimum atomic E-state index is -0.490. The summed E-state index contributed by atoms with van der Waals surface area (Å²) in [4.78, 5) is 0. The van der Waals surface area contributed by atoms with E-state index < -0.39 is 36.4 Å². The molecule has 1 fully saturated rings. The van der Waals surface area contributed by atoms with Gasteiger partial charge in [0.15, 0.2) is 0 Å². The molecule has 0 unspecified atom stereocenters. The van der Waals surface area contributed by atoms with Crippen LogP contribution in [-0.4, -0.2) is 18.3 Å². The SMILES string of the molecule is [2H]c1c([2H])c([2H])c2c([2H])c(-c3ccc(-c4cccc(B5OC(C)(C)C(C)(C)O5)c4)cc3)c([2H])c([2H])c2c1[2H]. The molecular weight excluding hydrogens is 379 g/mol. The molecule has 3 heteroatoms. The molecule has 1 saturated heterocycles. The molecule has 154 valence electrons. The van der Waals surface area contributed by atoms with Crippen molar-refractivity contribution in [1.29, 1.82) is 0 Å². The van der Waals surface area contributed by atoms with Gasteiger partial charge in [0.25, 0.3) is 0 Å². The predicted molar refractivity (Wildman–Crippen MR) is 131 cm³/mol. The van der Waals surface area contributed by atoms with E-state index in [9.17, 15) is 0 Å². The van der Waals surface area contributed by atoms with E-state index in [1.807, 2.05) is 64.1 Å². The molecule has 1 heterocycles. The van der Waals surface area contributed by atoms with Gasteiger partial charge in [0.1, 0.15) is 0 Å². The van der Waals surface area contributed by atoms with Crippen molar-refractivity contribution in [1.82, 2.24) is 0 Å². The van der Waals surface area contributed by atoms with Gasteiger partial charge >= 0.3 is 7.12 Å². The molecule has 1 aliphatic rings. The van der Waals surface area contributed by atoms with Crippen LogP contribution >= 0.6 is 0 Å². The maximum Gasteiger partial charge on any atom is 0.494 e. The molecule has 0 saturated carbocycles. The Morgan fingerprint density at radius 3 is 1.97 bits per heavy atom. The van der Waals surface area contributed by atoms with E-state index in [1.165, 1.54) is 0 Å². The molecular formula is C28H27BO2. The second-order valence-electron chi connectivity index (χ2n) is 8.79. The quantitative estimate of drug-likeness (QED) is 0.358. The van der Waals surface area contributed by atoms with Crippen molar-refractivity contribution < 1.29 is 18.9 Å². The van der Waals surface area contributed by atoms with E-state index in [4.69, 9.17) is 18.9 Å². The predicted octanol–water partition coefficient (Wildman–Crippen LogP) is 6.47. The summed E-state index contributed by atoms with van der Waals surface area (Å²) < 4.78 is 70.6. The molecule has 0 aromatic heterocycles. The zero-order valence-corrected chi connectivity index (χ0v) is 18.0. The molecule has 1 aliphatic heterocycles. The first-order valence-corrected chi connectivity index (χ1v) is 10.3. The van der Waals surface area contributed by atoms with Crippen LogP contribution in [0.3, 0.4) is 0 Å². The fourth-order valence-electron chi connectivity index (χ4n) is 3.60. The molecule has 0 aliphatic carbocycles. The highest BCUT2D eigenvalue weighted by atomic mass is 16.7. The van der Waals surface area contributed by atoms with Crippen molar-refractivity contribution in [2.45, 2.75) is 38.9 Å². The Labute approximate surface area is 194 Å². The number of fused-ring (bicyclic) bond motifs is 1. The Balaban J connectivity index is 1.55. The van der Waals surface area contributed by atoms with Crippen LogP contribution in [0.25, 0.3) is 33.0 Å². The van der Waals surface area contributed by atoms with Crippen LogP contribution in [-0.2, 0) is 9.31 Å². The average molecular weight is 413 g/mol. The highest BCUT2D eigenvalue weighted by Crippen LogP contribution is 2.36. The summed E-state index contributed by atoms with van der Waals surface area (Å²) in [5.74, 6) is 0. The first-order valence-electron chi connectivity index (χ1n) is 13.8. The first-order chi connectivity index (χ1) is 17.7. The molecule has 0 atom stereocenters. The first kappa shape index (κ1) is 13.5. The van der Waals surface area contributed by atoms with Crippen LogP contribution < -0.4 is 5.46 Å². The molecule has 0 radical (unpaired) electrons. The summed E-state index contributed by atoms with van der Waals surface area (Å²) in [7, 11) is -0.490. The number of benzene rings is 4. The average Bonchev–Trinajstić information content (AvgIpc) is 3.10. The molecule has 0 spiro atoms. The summed E-state index contributed by atoms with van der Waals surface area (Å²) in [6, 6.07) is 12.7. The van der Waals surface area contributed by atoms with Crippen LogP contribution in [0.4, 0.5) is 0 Å². The van der Waals surface area contributed by atoms with Crippen LogP contribution in [0.1, 0.15) is 37.3 Å². The Bertz CT molecular complexity index is 1580. The lowest BCUT2D eigenvalue weighted by Gasteiger charge is -2.32. The topological polar surface area (TPSA) is 18.5 Å². The van der Waals surface area contributed by atoms with E-state index in [0.29, 0.717) is 5.56 Å². The largest absolute Gasteiger partial charge is 0.494 e. The van der Waals surface area contributed by atoms with Crippen LogP contribution in [0.2, 0.25) is 0 Å². The number of hydrogen-bond donors (Lipinski definition) is 0. The summed E-state index contributed by atoms with van der Waals surface area (Å²) in [5, 5.41) is -0.155. The zero-order valence-electron chi connectivity index (χ0n) is 25.0. The Kier molecular flexibility index (Phi) is 3.21. The molecule has 0 amide bonds. The Morgan fingerprint density at radius 2 is 1.29 bits per heavy atom. The van der Waals surface area contributed by atoms with Crippen LogP contribution in [0.15, 0.2) is 90.8 Å². The van der Waals surface area contributed by atoms with Gasteiger partial charge in [-0.1, -0.05) is 84.8 Å². The molecule has 5 rings (SSSR count). The van der Waals surface area contributed by atoms with E-state index in [1.54, 1.807) is 12.1 Å². The minimum absolute atomic E-state index is 0.0498. The third-order valence-corrected chi connectivity index (χ3v) is 6.17. The lowest BCUT2D eigenvalue weighted by molar-refractivity contribution is 0.00578. The fourth-order valence-corrected chi connectivity index (χ4v) is 3.60. The van der Waals surface area contributed by atoms with Crippen LogP contribution in [0.5, 0.6) is 0 Å². The van der Waals surface area contributed by atoms with Crippen molar-refractivity contribution in [3.8, 4) is 22.3 Å². The highest BCUT2D eigenvalue weighted by molar-refractivity contribution is 6.62. The molecule has 4 aromatic rings. The number of hydrogen-bond acceptors (Lipinski definition) is 2. The van der Waals surface area contributed by atoms with Crippen LogP contribution in [0, 0.1) is 0 Å². The van der Waals surface area contributed by atoms with E-state index in [-0.39, 0.29) is 40.5 Å². The summed E-state index contributed by atoms with van der Waals surface area (Å²) >= 11 is 0. The normalized spacial score (nSPS) is 20.4. The van der Waals surface area contributed by atoms with Crippen molar-refractivity contribution in [2.24, 2.45) is 0 Å². The Morgan fingerprint density at radius 1 is 0.677 bits per heavy atom. The lowest BCUT2D eigenvalue weighted by atomic mass is 9.78. The van der Waals surface area contributed by atoms with Gasteiger partial charge in [-0.15, -0.1) is 0 Å². The molecule has 31 heavy (non-hydrogen) atoms. The van der Waals surface area contributed by atoms with Gasteiger partial charge in [-0.3, -0.25) is 0 Å². The fraction of sp³-hybridized carbons (Fsp3) is 0.214. The van der Waals surface area contributed by atoms with E-state index in [2.05, 4.69) is 0 Å². The molecule has 0 bridgehead atoms. The summed E-state index contributed by atoms with van der Waals surface area (Å²) in [6.07, 6.45) is 0. The number of rotatable bonds is 3. The zero-order chi connectivity index (χ0) is 27.7. The lowest BCUT2D eigenvalue weighted by Crippen LogP contribution is -2.41. The van der Waals surface area contributed by atoms with Gasteiger partial charge in [0.2, 0.25) is 0 Å². The second kappa shape index (κ2) is 7.37. The maximum absolute atomic E-state index is 8.75. The summed E-state index contributed by atoms with van der Waals surface area (Å²) in [5.41, 5.74) is 2.52. The third-order valence-electron chi connectivity index (χ3n) is 6.17. The monoisotopic (exact) mass is 413 g/mol. The molecule has 0 N–H and O–H groups in total. The van der Waals surface area contributed by atoms with Gasteiger partial charge in [0, 0.05) is 0 Å². The minimum Gasteiger partial charge on any atom is -0.399 e. The maximum atomic E-state index is 8.75. The Hall–Kier alpha value is -2.88. The van der Waals surface area contributed by atoms with Gasteiger partial charge in [-0.2, -0.15) is 0 Å². The van der Waals surface area contributed by atoms with E-state index >= 15 is 0 Å². The van der Waals surface area contributed by atoms with Gasteiger partial charge in [-0.25, -0.2) is 0 Å². The smallest absolute Gasteiger partial charge is 0.399 e. The van der Waals surface area contributed by atoms with Gasteiger partial charge in [0.05, 0.1) is 20.8 Å². The highest BCUT2D eigenvalue weighted by Gasteiger charge is 2.51. The van der Waals surface area contributed by atoms with Crippen molar-refractivity contribution in [2.75, 3.05) is 0 Å². The molecule has 2 nitrogen and oxygen atoms in total. The van der Waals surface area contributed by atoms with Crippen molar-refractivity contribution in [3.05, 3.63) is 90.8 Å². The van der Waals surface area contributed by atoms with Gasteiger partial charge in [-0.05, 0) is 72.2 Å². The second-order valence-corrected chi connectivity index (χ2v) is 8.79. The van der Waals surface area contributed by atoms with Crippen molar-refractivity contribution in [3.63, 3.8) is 0 Å². The standard InChI is InChI=1S/C28H27BO2/c1-27(2)28(3,4)31-29(30-27)26-11-7-10-24(19-26)21-12-14-22(15-13-21)25-17-16-20-8-5-6-9-23(20)18-25/h5-19H,1-4H3/i5D,6D,8D,9D,16D,17D,18D. The van der Waals surface area contributed by atoms with Gasteiger partial charge < -0.3 is 9.31 Å². The molecule has 4 aromatic carbocycles.